The Kier molecular flexibility index (Phi) is 7.59. The van der Waals surface area contributed by atoms with Gasteiger partial charge in [0.25, 0.3) is 0 Å². The molecule has 2 aromatic rings. The molecule has 0 spiro atoms. The number of hydrogen-bond acceptors (Lipinski definition) is 7. The summed E-state index contributed by atoms with van der Waals surface area (Å²) >= 11 is 8.97. The molecule has 0 aromatic heterocycles. The fraction of sp³-hybridized carbons (Fsp3) is 0.500. The summed E-state index contributed by atoms with van der Waals surface area (Å²) in [5, 5.41) is 0.780. The second-order valence-corrected chi connectivity index (χ2v) is 10.3. The van der Waals surface area contributed by atoms with Crippen molar-refractivity contribution >= 4 is 25.3 Å². The lowest BCUT2D eigenvalue weighted by molar-refractivity contribution is 0.0940. The zero-order valence-corrected chi connectivity index (χ0v) is 20.1. The molecule has 0 radical (unpaired) electrons. The van der Waals surface area contributed by atoms with Crippen LogP contribution in [0, 0.1) is 0 Å². The molecular weight excluding hydrogens is 428 g/mol. The molecular formula is C24H32N2O3S2. The van der Waals surface area contributed by atoms with Gasteiger partial charge in [0, 0.05) is 47.8 Å². The number of rotatable bonds is 8. The van der Waals surface area contributed by atoms with Gasteiger partial charge < -0.3 is 14.2 Å². The standard InChI is InChI=1S/C24H32N2O3S2/c1-17(30)7-9-25-13-19-11-21(3-5-23(19)27-15-25)29-22-4-6-24-20(12-22)14-26(16-28-24)10-8-18(2)31/h3-6,11-12,17-18,30-31H,7-10,13-16H2,1-2H3. The average Bonchev–Trinajstić information content (AvgIpc) is 2.75. The summed E-state index contributed by atoms with van der Waals surface area (Å²) < 4.78 is 18.0. The minimum absolute atomic E-state index is 0.390. The minimum atomic E-state index is 0.390. The first-order valence-corrected chi connectivity index (χ1v) is 12.0. The van der Waals surface area contributed by atoms with Gasteiger partial charge in [0.1, 0.15) is 36.5 Å². The Bertz CT molecular complexity index is 820. The molecule has 0 amide bonds. The number of nitrogens with zero attached hydrogens (tertiary/aromatic N) is 2. The summed E-state index contributed by atoms with van der Waals surface area (Å²) in [5.74, 6) is 3.53. The number of fused-ring (bicyclic) bond motifs is 2. The van der Waals surface area contributed by atoms with Crippen LogP contribution in [0.25, 0.3) is 0 Å². The number of thiol groups is 2. The van der Waals surface area contributed by atoms with Gasteiger partial charge >= 0.3 is 0 Å². The van der Waals surface area contributed by atoms with E-state index in [1.165, 1.54) is 0 Å². The Balaban J connectivity index is 1.41. The van der Waals surface area contributed by atoms with Crippen LogP contribution in [0.2, 0.25) is 0 Å². The van der Waals surface area contributed by atoms with E-state index in [1.807, 2.05) is 24.3 Å². The van der Waals surface area contributed by atoms with Crippen LogP contribution < -0.4 is 14.2 Å². The molecule has 0 bridgehead atoms. The third-order valence-corrected chi connectivity index (χ3v) is 6.14. The van der Waals surface area contributed by atoms with Crippen molar-refractivity contribution in [1.82, 2.24) is 9.80 Å². The quantitative estimate of drug-likeness (QED) is 0.530. The van der Waals surface area contributed by atoms with E-state index in [-0.39, 0.29) is 0 Å². The average molecular weight is 461 g/mol. The molecule has 2 unspecified atom stereocenters. The summed E-state index contributed by atoms with van der Waals surface area (Å²) in [6.07, 6.45) is 2.08. The molecule has 7 heteroatoms. The first-order chi connectivity index (χ1) is 15.0. The topological polar surface area (TPSA) is 34.2 Å². The Hall–Kier alpha value is -1.54. The van der Waals surface area contributed by atoms with E-state index in [4.69, 9.17) is 14.2 Å². The summed E-state index contributed by atoms with van der Waals surface area (Å²) in [5.41, 5.74) is 2.31. The zero-order chi connectivity index (χ0) is 21.8. The predicted molar refractivity (Wildman–Crippen MR) is 131 cm³/mol. The van der Waals surface area contributed by atoms with Gasteiger partial charge in [0.15, 0.2) is 0 Å². The van der Waals surface area contributed by atoms with Crippen LogP contribution >= 0.6 is 25.3 Å². The molecule has 2 atom stereocenters. The highest BCUT2D eigenvalue weighted by Gasteiger charge is 2.20. The molecule has 2 aliphatic heterocycles. The molecule has 5 nitrogen and oxygen atoms in total. The van der Waals surface area contributed by atoms with Crippen molar-refractivity contribution in [2.75, 3.05) is 26.6 Å². The van der Waals surface area contributed by atoms with E-state index in [1.54, 1.807) is 0 Å². The predicted octanol–water partition coefficient (Wildman–Crippen LogP) is 5.20. The maximum Gasteiger partial charge on any atom is 0.142 e. The molecule has 0 fully saturated rings. The summed E-state index contributed by atoms with van der Waals surface area (Å²) in [7, 11) is 0. The number of ether oxygens (including phenoxy) is 3. The third kappa shape index (κ3) is 6.25. The lowest BCUT2D eigenvalue weighted by Gasteiger charge is -2.30. The first-order valence-electron chi connectivity index (χ1n) is 11.0. The van der Waals surface area contributed by atoms with E-state index in [9.17, 15) is 0 Å². The van der Waals surface area contributed by atoms with E-state index < -0.39 is 0 Å². The molecule has 0 saturated carbocycles. The molecule has 4 rings (SSSR count). The molecule has 0 aliphatic carbocycles. The SMILES string of the molecule is CC(S)CCN1COc2ccc(Oc3ccc4c(c3)CN(CCC(C)S)CO4)cc2C1. The summed E-state index contributed by atoms with van der Waals surface area (Å²) in [4.78, 5) is 4.60. The van der Waals surface area contributed by atoms with E-state index in [2.05, 4.69) is 61.0 Å². The lowest BCUT2D eigenvalue weighted by Crippen LogP contribution is -2.33. The van der Waals surface area contributed by atoms with Crippen LogP contribution in [0.15, 0.2) is 36.4 Å². The van der Waals surface area contributed by atoms with Gasteiger partial charge in [0.2, 0.25) is 0 Å². The van der Waals surface area contributed by atoms with Crippen molar-refractivity contribution in [1.29, 1.82) is 0 Å². The van der Waals surface area contributed by atoms with Crippen molar-refractivity contribution in [3.05, 3.63) is 47.5 Å². The van der Waals surface area contributed by atoms with Crippen molar-refractivity contribution in [2.45, 2.75) is 50.3 Å². The lowest BCUT2D eigenvalue weighted by atomic mass is 10.1. The maximum absolute atomic E-state index is 6.20. The Morgan fingerprint density at radius 2 is 1.26 bits per heavy atom. The van der Waals surface area contributed by atoms with Crippen molar-refractivity contribution in [3.8, 4) is 23.0 Å². The maximum atomic E-state index is 6.20. The van der Waals surface area contributed by atoms with Crippen molar-refractivity contribution < 1.29 is 14.2 Å². The highest BCUT2D eigenvalue weighted by atomic mass is 32.1. The first kappa shape index (κ1) is 22.6. The monoisotopic (exact) mass is 460 g/mol. The van der Waals surface area contributed by atoms with Crippen LogP contribution in [0.4, 0.5) is 0 Å². The second-order valence-electron chi connectivity index (χ2n) is 8.57. The Morgan fingerprint density at radius 3 is 1.68 bits per heavy atom. The van der Waals surface area contributed by atoms with E-state index in [0.717, 1.165) is 73.1 Å². The molecule has 168 valence electrons. The van der Waals surface area contributed by atoms with Crippen molar-refractivity contribution in [3.63, 3.8) is 0 Å². The second kappa shape index (κ2) is 10.4. The molecule has 0 saturated heterocycles. The van der Waals surface area contributed by atoms with Gasteiger partial charge in [0.05, 0.1) is 0 Å². The van der Waals surface area contributed by atoms with Crippen LogP contribution in [0.5, 0.6) is 23.0 Å². The summed E-state index contributed by atoms with van der Waals surface area (Å²) in [6.45, 7) is 9.18. The minimum Gasteiger partial charge on any atom is -0.478 e. The molecule has 31 heavy (non-hydrogen) atoms. The Morgan fingerprint density at radius 1 is 0.806 bits per heavy atom. The smallest absolute Gasteiger partial charge is 0.142 e. The largest absolute Gasteiger partial charge is 0.478 e. The van der Waals surface area contributed by atoms with Gasteiger partial charge in [-0.05, 0) is 49.2 Å². The highest BCUT2D eigenvalue weighted by Crippen LogP contribution is 2.34. The van der Waals surface area contributed by atoms with Gasteiger partial charge in [-0.25, -0.2) is 0 Å². The van der Waals surface area contributed by atoms with Crippen LogP contribution in [0.1, 0.15) is 37.8 Å². The van der Waals surface area contributed by atoms with Gasteiger partial charge in [-0.15, -0.1) is 0 Å². The van der Waals surface area contributed by atoms with Crippen LogP contribution in [0.3, 0.4) is 0 Å². The molecule has 2 heterocycles. The van der Waals surface area contributed by atoms with E-state index in [0.29, 0.717) is 24.0 Å². The number of hydrogen-bond donors (Lipinski definition) is 2. The highest BCUT2D eigenvalue weighted by molar-refractivity contribution is 7.81. The van der Waals surface area contributed by atoms with E-state index >= 15 is 0 Å². The third-order valence-electron chi connectivity index (χ3n) is 5.62. The zero-order valence-electron chi connectivity index (χ0n) is 18.3. The number of benzene rings is 2. The Labute approximate surface area is 196 Å². The molecule has 2 aliphatic rings. The van der Waals surface area contributed by atoms with Crippen molar-refractivity contribution in [2.24, 2.45) is 0 Å². The fourth-order valence-electron chi connectivity index (χ4n) is 3.82. The normalized spacial score (nSPS) is 18.3. The van der Waals surface area contributed by atoms with Gasteiger partial charge in [-0.2, -0.15) is 25.3 Å². The van der Waals surface area contributed by atoms with Gasteiger partial charge in [-0.1, -0.05) is 13.8 Å². The fourth-order valence-corrected chi connectivity index (χ4v) is 4.06. The van der Waals surface area contributed by atoms with Gasteiger partial charge in [-0.3, -0.25) is 9.80 Å². The molecule has 2 aromatic carbocycles. The van der Waals surface area contributed by atoms with Crippen LogP contribution in [-0.4, -0.2) is 46.9 Å². The molecule has 0 N–H and O–H groups in total. The van der Waals surface area contributed by atoms with Crippen LogP contribution in [-0.2, 0) is 13.1 Å². The summed E-state index contributed by atoms with van der Waals surface area (Å²) in [6, 6.07) is 12.1.